The fourth-order valence-electron chi connectivity index (χ4n) is 2.35. The van der Waals surface area contributed by atoms with Crippen LogP contribution in [0.2, 0.25) is 5.02 Å². The van der Waals surface area contributed by atoms with Crippen LogP contribution in [-0.2, 0) is 4.74 Å². The first-order chi connectivity index (χ1) is 10.5. The van der Waals surface area contributed by atoms with Crippen LogP contribution in [0.15, 0.2) is 41.1 Å². The summed E-state index contributed by atoms with van der Waals surface area (Å²) in [6.45, 7) is 1.86. The number of methoxy groups -OCH3 is 1. The minimum absolute atomic E-state index is 0.390. The summed E-state index contributed by atoms with van der Waals surface area (Å²) in [5, 5.41) is 0.653. The molecule has 0 amide bonds. The zero-order valence-electron chi connectivity index (χ0n) is 11.9. The Morgan fingerprint density at radius 2 is 2.14 bits per heavy atom. The highest BCUT2D eigenvalue weighted by molar-refractivity contribution is 9.10. The van der Waals surface area contributed by atoms with Crippen molar-refractivity contribution in [3.63, 3.8) is 0 Å². The van der Waals surface area contributed by atoms with Crippen LogP contribution in [0.1, 0.15) is 15.9 Å². The topological polar surface area (TPSA) is 43.6 Å². The van der Waals surface area contributed by atoms with Crippen molar-refractivity contribution in [1.29, 1.82) is 0 Å². The van der Waals surface area contributed by atoms with Crippen LogP contribution in [0.3, 0.4) is 0 Å². The summed E-state index contributed by atoms with van der Waals surface area (Å²) in [7, 11) is 1.36. The van der Waals surface area contributed by atoms with Crippen molar-refractivity contribution in [2.24, 2.45) is 0 Å². The number of aromatic nitrogens is 2. The van der Waals surface area contributed by atoms with Crippen molar-refractivity contribution in [1.82, 2.24) is 9.38 Å². The summed E-state index contributed by atoms with van der Waals surface area (Å²) in [5.74, 6) is -0.390. The maximum Gasteiger partial charge on any atom is 0.339 e. The number of fused-ring (bicyclic) bond motifs is 1. The Kier molecular flexibility index (Phi) is 3.93. The fourth-order valence-corrected chi connectivity index (χ4v) is 3.31. The van der Waals surface area contributed by atoms with Crippen molar-refractivity contribution in [3.8, 4) is 11.3 Å². The average Bonchev–Trinajstić information content (AvgIpc) is 2.91. The highest BCUT2D eigenvalue weighted by Crippen LogP contribution is 2.29. The van der Waals surface area contributed by atoms with Gasteiger partial charge in [0, 0.05) is 23.0 Å². The lowest BCUT2D eigenvalue weighted by Crippen LogP contribution is -2.07. The number of imidazole rings is 1. The Morgan fingerprint density at radius 3 is 2.82 bits per heavy atom. The molecule has 6 heteroatoms. The Balaban J connectivity index is 2.22. The minimum Gasteiger partial charge on any atom is -0.465 e. The zero-order chi connectivity index (χ0) is 15.9. The van der Waals surface area contributed by atoms with Crippen LogP contribution in [0.25, 0.3) is 16.9 Å². The summed E-state index contributed by atoms with van der Waals surface area (Å²) in [5.41, 5.74) is 3.64. The Hall–Kier alpha value is -1.85. The highest BCUT2D eigenvalue weighted by Gasteiger charge is 2.19. The van der Waals surface area contributed by atoms with Crippen molar-refractivity contribution >= 4 is 39.1 Å². The summed E-state index contributed by atoms with van der Waals surface area (Å²) < 4.78 is 7.33. The van der Waals surface area contributed by atoms with Crippen LogP contribution >= 0.6 is 27.5 Å². The second-order valence-corrected chi connectivity index (χ2v) is 6.09. The molecule has 0 fully saturated rings. The van der Waals surface area contributed by atoms with E-state index in [0.29, 0.717) is 20.7 Å². The summed E-state index contributed by atoms with van der Waals surface area (Å²) >= 11 is 9.49. The van der Waals surface area contributed by atoms with Crippen molar-refractivity contribution < 1.29 is 9.53 Å². The molecule has 112 valence electrons. The van der Waals surface area contributed by atoms with Crippen LogP contribution in [0.5, 0.6) is 0 Å². The van der Waals surface area contributed by atoms with Crippen molar-refractivity contribution in [3.05, 3.63) is 57.3 Å². The molecule has 0 radical (unpaired) electrons. The van der Waals surface area contributed by atoms with Gasteiger partial charge in [-0.2, -0.15) is 0 Å². The van der Waals surface area contributed by atoms with Gasteiger partial charge in [0.2, 0.25) is 0 Å². The van der Waals surface area contributed by atoms with Gasteiger partial charge in [0.1, 0.15) is 0 Å². The molecule has 0 atom stereocenters. The molecule has 4 nitrogen and oxygen atoms in total. The number of esters is 1. The van der Waals surface area contributed by atoms with Gasteiger partial charge in [-0.1, -0.05) is 23.7 Å². The summed E-state index contributed by atoms with van der Waals surface area (Å²) in [4.78, 5) is 16.5. The number of ether oxygens (including phenoxy) is 1. The standard InChI is InChI=1S/C16H12BrClN2O2/c1-9-7-20-8-12(10-4-3-5-11(18)6-10)19-15(20)14(17)13(9)16(21)22-2/h3-8H,1-2H3. The molecule has 0 unspecified atom stereocenters. The third kappa shape index (κ3) is 2.51. The number of carbonyl (C=O) groups excluding carboxylic acids is 1. The molecule has 3 aromatic rings. The Labute approximate surface area is 140 Å². The molecule has 0 saturated heterocycles. The van der Waals surface area contributed by atoms with E-state index in [1.807, 2.05) is 48.0 Å². The molecular formula is C16H12BrClN2O2. The molecule has 0 aliphatic heterocycles. The normalized spacial score (nSPS) is 10.9. The van der Waals surface area contributed by atoms with Crippen LogP contribution in [0, 0.1) is 6.92 Å². The molecular weight excluding hydrogens is 368 g/mol. The van der Waals surface area contributed by atoms with E-state index in [1.165, 1.54) is 7.11 Å². The first-order valence-corrected chi connectivity index (χ1v) is 7.70. The summed E-state index contributed by atoms with van der Waals surface area (Å²) in [6.07, 6.45) is 3.76. The first kappa shape index (κ1) is 15.1. The zero-order valence-corrected chi connectivity index (χ0v) is 14.3. The van der Waals surface area contributed by atoms with Crippen LogP contribution < -0.4 is 0 Å². The predicted molar refractivity (Wildman–Crippen MR) is 89.4 cm³/mol. The maximum atomic E-state index is 11.9. The van der Waals surface area contributed by atoms with E-state index in [4.69, 9.17) is 16.3 Å². The van der Waals surface area contributed by atoms with E-state index in [-0.39, 0.29) is 5.97 Å². The SMILES string of the molecule is COC(=O)c1c(C)cn2cc(-c3cccc(Cl)c3)nc2c1Br. The minimum atomic E-state index is -0.390. The Bertz CT molecular complexity index is 889. The van der Waals surface area contributed by atoms with Gasteiger partial charge in [0.15, 0.2) is 5.65 Å². The van der Waals surface area contributed by atoms with E-state index in [1.54, 1.807) is 0 Å². The second kappa shape index (κ2) is 5.74. The number of carbonyl (C=O) groups is 1. The van der Waals surface area contributed by atoms with Crippen LogP contribution in [0.4, 0.5) is 0 Å². The van der Waals surface area contributed by atoms with Crippen molar-refractivity contribution in [2.75, 3.05) is 7.11 Å². The quantitative estimate of drug-likeness (QED) is 0.615. The van der Waals surface area contributed by atoms with Gasteiger partial charge in [-0.3, -0.25) is 0 Å². The smallest absolute Gasteiger partial charge is 0.339 e. The number of nitrogens with zero attached hydrogens (tertiary/aromatic N) is 2. The average molecular weight is 380 g/mol. The molecule has 22 heavy (non-hydrogen) atoms. The van der Waals surface area contributed by atoms with Crippen molar-refractivity contribution in [2.45, 2.75) is 6.92 Å². The summed E-state index contributed by atoms with van der Waals surface area (Å²) in [6, 6.07) is 7.49. The molecule has 1 aromatic carbocycles. The molecule has 0 spiro atoms. The number of rotatable bonds is 2. The van der Waals surface area contributed by atoms with E-state index < -0.39 is 0 Å². The lowest BCUT2D eigenvalue weighted by molar-refractivity contribution is 0.0599. The molecule has 3 rings (SSSR count). The maximum absolute atomic E-state index is 11.9. The monoisotopic (exact) mass is 378 g/mol. The number of hydrogen-bond donors (Lipinski definition) is 0. The largest absolute Gasteiger partial charge is 0.465 e. The molecule has 0 aliphatic carbocycles. The number of benzene rings is 1. The number of pyridine rings is 1. The number of aryl methyl sites for hydroxylation is 1. The molecule has 2 heterocycles. The van der Waals surface area contributed by atoms with E-state index in [9.17, 15) is 4.79 Å². The third-order valence-electron chi connectivity index (χ3n) is 3.39. The van der Waals surface area contributed by atoms with Gasteiger partial charge in [-0.05, 0) is 40.5 Å². The lowest BCUT2D eigenvalue weighted by Gasteiger charge is -2.07. The number of hydrogen-bond acceptors (Lipinski definition) is 3. The molecule has 0 bridgehead atoms. The second-order valence-electron chi connectivity index (χ2n) is 4.86. The van der Waals surface area contributed by atoms with Gasteiger partial charge >= 0.3 is 5.97 Å². The fraction of sp³-hybridized carbons (Fsp3) is 0.125. The molecule has 0 aliphatic rings. The first-order valence-electron chi connectivity index (χ1n) is 6.53. The van der Waals surface area contributed by atoms with Gasteiger partial charge in [0.05, 0.1) is 22.8 Å². The predicted octanol–water partition coefficient (Wildman–Crippen LogP) is 4.51. The van der Waals surface area contributed by atoms with Gasteiger partial charge in [-0.25, -0.2) is 9.78 Å². The van der Waals surface area contributed by atoms with Gasteiger partial charge in [0.25, 0.3) is 0 Å². The third-order valence-corrected chi connectivity index (χ3v) is 4.37. The highest BCUT2D eigenvalue weighted by atomic mass is 79.9. The Morgan fingerprint density at radius 1 is 1.36 bits per heavy atom. The lowest BCUT2D eigenvalue weighted by atomic mass is 10.1. The molecule has 0 N–H and O–H groups in total. The van der Waals surface area contributed by atoms with Gasteiger partial charge in [-0.15, -0.1) is 0 Å². The molecule has 0 saturated carbocycles. The molecule has 2 aromatic heterocycles. The van der Waals surface area contributed by atoms with Gasteiger partial charge < -0.3 is 9.14 Å². The number of halogens is 2. The van der Waals surface area contributed by atoms with E-state index in [0.717, 1.165) is 16.8 Å². The van der Waals surface area contributed by atoms with Crippen LogP contribution in [-0.4, -0.2) is 22.5 Å². The van der Waals surface area contributed by atoms with E-state index in [2.05, 4.69) is 20.9 Å². The van der Waals surface area contributed by atoms with E-state index >= 15 is 0 Å².